The molecule has 1 fully saturated rings. The maximum atomic E-state index is 12.0. The lowest BCUT2D eigenvalue weighted by molar-refractivity contribution is -0.147. The first-order valence-corrected chi connectivity index (χ1v) is 6.44. The van der Waals surface area contributed by atoms with Crippen LogP contribution in [-0.4, -0.2) is 61.6 Å². The van der Waals surface area contributed by atoms with Gasteiger partial charge in [-0.3, -0.25) is 9.59 Å². The Morgan fingerprint density at radius 1 is 1.44 bits per heavy atom. The van der Waals surface area contributed by atoms with E-state index < -0.39 is 6.04 Å². The van der Waals surface area contributed by atoms with E-state index in [1.807, 2.05) is 20.8 Å². The molecule has 0 aromatic carbocycles. The van der Waals surface area contributed by atoms with E-state index in [0.29, 0.717) is 19.7 Å². The van der Waals surface area contributed by atoms with Gasteiger partial charge in [0, 0.05) is 19.1 Å². The molecule has 6 heteroatoms. The lowest BCUT2D eigenvalue weighted by Gasteiger charge is -2.34. The van der Waals surface area contributed by atoms with Gasteiger partial charge in [-0.05, 0) is 6.92 Å². The molecule has 1 unspecified atom stereocenters. The van der Waals surface area contributed by atoms with E-state index in [2.05, 4.69) is 10.6 Å². The first-order chi connectivity index (χ1) is 8.56. The first-order valence-electron chi connectivity index (χ1n) is 6.44. The standard InChI is InChI=1S/C12H23N3O3/c1-4-13-12(17)10-8-18-6-5-15(10)11(16)7-14-9(2)3/h9-10,14H,4-8H2,1-3H3,(H,13,17). The summed E-state index contributed by atoms with van der Waals surface area (Å²) in [5.74, 6) is -0.196. The average molecular weight is 257 g/mol. The van der Waals surface area contributed by atoms with Crippen molar-refractivity contribution in [3.05, 3.63) is 0 Å². The van der Waals surface area contributed by atoms with Crippen molar-refractivity contribution < 1.29 is 14.3 Å². The quantitative estimate of drug-likeness (QED) is 0.686. The van der Waals surface area contributed by atoms with Gasteiger partial charge in [0.25, 0.3) is 0 Å². The molecule has 2 amide bonds. The monoisotopic (exact) mass is 257 g/mol. The van der Waals surface area contributed by atoms with E-state index in [-0.39, 0.29) is 31.0 Å². The van der Waals surface area contributed by atoms with Crippen molar-refractivity contribution in [2.45, 2.75) is 32.9 Å². The number of likely N-dealkylation sites (N-methyl/N-ethyl adjacent to an activating group) is 1. The molecule has 1 aliphatic heterocycles. The van der Waals surface area contributed by atoms with Crippen molar-refractivity contribution in [1.82, 2.24) is 15.5 Å². The van der Waals surface area contributed by atoms with Crippen LogP contribution in [0, 0.1) is 0 Å². The van der Waals surface area contributed by atoms with E-state index in [1.54, 1.807) is 4.90 Å². The summed E-state index contributed by atoms with van der Waals surface area (Å²) < 4.78 is 5.28. The molecule has 1 saturated heterocycles. The highest BCUT2D eigenvalue weighted by Crippen LogP contribution is 2.07. The van der Waals surface area contributed by atoms with Gasteiger partial charge in [-0.15, -0.1) is 0 Å². The molecular weight excluding hydrogens is 234 g/mol. The maximum absolute atomic E-state index is 12.0. The van der Waals surface area contributed by atoms with Crippen molar-refractivity contribution in [3.63, 3.8) is 0 Å². The van der Waals surface area contributed by atoms with E-state index in [4.69, 9.17) is 4.74 Å². The molecule has 0 aliphatic carbocycles. The normalized spacial score (nSPS) is 20.0. The summed E-state index contributed by atoms with van der Waals surface area (Å²) in [6.45, 7) is 7.87. The summed E-state index contributed by atoms with van der Waals surface area (Å²) in [6.07, 6.45) is 0. The molecule has 1 rings (SSSR count). The van der Waals surface area contributed by atoms with Gasteiger partial charge in [0.1, 0.15) is 6.04 Å². The number of hydrogen-bond donors (Lipinski definition) is 2. The zero-order valence-corrected chi connectivity index (χ0v) is 11.4. The van der Waals surface area contributed by atoms with Crippen LogP contribution in [-0.2, 0) is 14.3 Å². The molecule has 0 saturated carbocycles. The number of nitrogens with zero attached hydrogens (tertiary/aromatic N) is 1. The van der Waals surface area contributed by atoms with Crippen molar-refractivity contribution in [2.24, 2.45) is 0 Å². The van der Waals surface area contributed by atoms with Crippen LogP contribution >= 0.6 is 0 Å². The van der Waals surface area contributed by atoms with Crippen LogP contribution < -0.4 is 10.6 Å². The zero-order valence-electron chi connectivity index (χ0n) is 11.4. The third kappa shape index (κ3) is 4.27. The summed E-state index contributed by atoms with van der Waals surface area (Å²) in [6, 6.07) is -0.252. The minimum Gasteiger partial charge on any atom is -0.377 e. The second kappa shape index (κ2) is 7.33. The Labute approximate surface area is 108 Å². The summed E-state index contributed by atoms with van der Waals surface area (Å²) in [5, 5.41) is 5.80. The predicted octanol–water partition coefficient (Wildman–Crippen LogP) is -0.652. The lowest BCUT2D eigenvalue weighted by atomic mass is 10.2. The van der Waals surface area contributed by atoms with Gasteiger partial charge in [0.05, 0.1) is 19.8 Å². The van der Waals surface area contributed by atoms with Crippen LogP contribution in [0.3, 0.4) is 0 Å². The van der Waals surface area contributed by atoms with Gasteiger partial charge in [0.2, 0.25) is 11.8 Å². The van der Waals surface area contributed by atoms with Crippen molar-refractivity contribution in [1.29, 1.82) is 0 Å². The molecule has 0 aromatic rings. The van der Waals surface area contributed by atoms with Crippen molar-refractivity contribution >= 4 is 11.8 Å². The second-order valence-electron chi connectivity index (χ2n) is 4.61. The predicted molar refractivity (Wildman–Crippen MR) is 68.1 cm³/mol. The summed E-state index contributed by atoms with van der Waals surface area (Å²) in [5.41, 5.74) is 0. The second-order valence-corrected chi connectivity index (χ2v) is 4.61. The van der Waals surface area contributed by atoms with Gasteiger partial charge >= 0.3 is 0 Å². The number of hydrogen-bond acceptors (Lipinski definition) is 4. The smallest absolute Gasteiger partial charge is 0.245 e. The molecule has 1 heterocycles. The Balaban J connectivity index is 2.58. The largest absolute Gasteiger partial charge is 0.377 e. The van der Waals surface area contributed by atoms with Gasteiger partial charge < -0.3 is 20.3 Å². The Hall–Kier alpha value is -1.14. The molecule has 0 radical (unpaired) electrons. The number of morpholine rings is 1. The molecule has 1 aliphatic rings. The molecule has 18 heavy (non-hydrogen) atoms. The fraction of sp³-hybridized carbons (Fsp3) is 0.833. The Bertz CT molecular complexity index is 294. The van der Waals surface area contributed by atoms with E-state index in [1.165, 1.54) is 0 Å². The van der Waals surface area contributed by atoms with Crippen LogP contribution in [0.2, 0.25) is 0 Å². The molecule has 0 aromatic heterocycles. The zero-order chi connectivity index (χ0) is 13.5. The molecule has 1 atom stereocenters. The Morgan fingerprint density at radius 2 is 2.17 bits per heavy atom. The minimum absolute atomic E-state index is 0.0525. The number of nitrogens with one attached hydrogen (secondary N) is 2. The minimum atomic E-state index is -0.500. The topological polar surface area (TPSA) is 70.7 Å². The van der Waals surface area contributed by atoms with Gasteiger partial charge in [-0.2, -0.15) is 0 Å². The number of ether oxygens (including phenoxy) is 1. The van der Waals surface area contributed by atoms with Crippen molar-refractivity contribution in [3.8, 4) is 0 Å². The van der Waals surface area contributed by atoms with Gasteiger partial charge in [-0.1, -0.05) is 13.8 Å². The van der Waals surface area contributed by atoms with Crippen LogP contribution in [0.1, 0.15) is 20.8 Å². The first kappa shape index (κ1) is 14.9. The van der Waals surface area contributed by atoms with E-state index in [0.717, 1.165) is 0 Å². The van der Waals surface area contributed by atoms with Gasteiger partial charge in [-0.25, -0.2) is 0 Å². The van der Waals surface area contributed by atoms with Crippen LogP contribution in [0.15, 0.2) is 0 Å². The molecule has 6 nitrogen and oxygen atoms in total. The van der Waals surface area contributed by atoms with E-state index >= 15 is 0 Å². The Morgan fingerprint density at radius 3 is 2.78 bits per heavy atom. The van der Waals surface area contributed by atoms with Crippen LogP contribution in [0.4, 0.5) is 0 Å². The van der Waals surface area contributed by atoms with Crippen LogP contribution in [0.5, 0.6) is 0 Å². The van der Waals surface area contributed by atoms with Crippen molar-refractivity contribution in [2.75, 3.05) is 32.8 Å². The fourth-order valence-corrected chi connectivity index (χ4v) is 1.80. The van der Waals surface area contributed by atoms with Crippen LogP contribution in [0.25, 0.3) is 0 Å². The molecule has 0 spiro atoms. The fourth-order valence-electron chi connectivity index (χ4n) is 1.80. The molecule has 0 bridgehead atoms. The summed E-state index contributed by atoms with van der Waals surface area (Å²) in [7, 11) is 0. The number of amides is 2. The number of rotatable bonds is 5. The SMILES string of the molecule is CCNC(=O)C1COCCN1C(=O)CNC(C)C. The number of carbonyl (C=O) groups excluding carboxylic acids is 2. The summed E-state index contributed by atoms with van der Waals surface area (Å²) >= 11 is 0. The third-order valence-corrected chi connectivity index (χ3v) is 2.76. The Kier molecular flexibility index (Phi) is 6.07. The van der Waals surface area contributed by atoms with E-state index in [9.17, 15) is 9.59 Å². The average Bonchev–Trinajstić information content (AvgIpc) is 2.36. The highest BCUT2D eigenvalue weighted by molar-refractivity contribution is 5.88. The number of carbonyl (C=O) groups is 2. The highest BCUT2D eigenvalue weighted by atomic mass is 16.5. The lowest BCUT2D eigenvalue weighted by Crippen LogP contribution is -2.57. The molecule has 104 valence electrons. The maximum Gasteiger partial charge on any atom is 0.245 e. The third-order valence-electron chi connectivity index (χ3n) is 2.76. The molecule has 2 N–H and O–H groups in total. The van der Waals surface area contributed by atoms with Gasteiger partial charge in [0.15, 0.2) is 0 Å². The summed E-state index contributed by atoms with van der Waals surface area (Å²) in [4.78, 5) is 25.5. The highest BCUT2D eigenvalue weighted by Gasteiger charge is 2.32. The molecular formula is C12H23N3O3.